The average molecular weight is 426 g/mol. The normalized spacial score (nSPS) is 43.3. The monoisotopic (exact) mass is 425 g/mol. The maximum Gasteiger partial charge on any atom is 0.0594 e. The van der Waals surface area contributed by atoms with Gasteiger partial charge in [0, 0.05) is 0 Å². The lowest BCUT2D eigenvalue weighted by atomic mass is 9.46. The molecule has 0 aromatic rings. The van der Waals surface area contributed by atoms with Crippen LogP contribution in [0.2, 0.25) is 0 Å². The zero-order valence-corrected chi connectivity index (χ0v) is 21.0. The molecule has 174 valence electrons. The first kappa shape index (κ1) is 22.2. The minimum absolute atomic E-state index is 0.0446. The summed E-state index contributed by atoms with van der Waals surface area (Å²) < 4.78 is 0. The van der Waals surface area contributed by atoms with Crippen molar-refractivity contribution in [3.05, 3.63) is 22.8 Å². The van der Waals surface area contributed by atoms with Gasteiger partial charge in [-0.1, -0.05) is 46.3 Å². The van der Waals surface area contributed by atoms with Gasteiger partial charge < -0.3 is 10.0 Å². The standard InChI is InChI=1S/C29H47NO/c1-20(14-19-30-17-6-7-18-30)22-9-10-23-21-8-11-25-27(2,3)26(31)13-16-29(25,5)24(21)12-15-28(22,23)4/h10,20,22,25-26,31H,6-9,11-19H2,1-5H3. The fourth-order valence-electron chi connectivity index (χ4n) is 9.17. The van der Waals surface area contributed by atoms with Crippen LogP contribution in [0.3, 0.4) is 0 Å². The smallest absolute Gasteiger partial charge is 0.0594 e. The molecule has 0 spiro atoms. The summed E-state index contributed by atoms with van der Waals surface area (Å²) in [5.41, 5.74) is 6.08. The van der Waals surface area contributed by atoms with E-state index in [9.17, 15) is 5.11 Å². The van der Waals surface area contributed by atoms with Gasteiger partial charge in [0.25, 0.3) is 0 Å². The van der Waals surface area contributed by atoms with Gasteiger partial charge >= 0.3 is 0 Å². The molecule has 1 heterocycles. The Bertz CT molecular complexity index is 772. The van der Waals surface area contributed by atoms with Crippen LogP contribution in [-0.4, -0.2) is 35.7 Å². The van der Waals surface area contributed by atoms with Gasteiger partial charge in [-0.3, -0.25) is 0 Å². The van der Waals surface area contributed by atoms with Crippen molar-refractivity contribution >= 4 is 0 Å². The maximum absolute atomic E-state index is 10.8. The second-order valence-electron chi connectivity index (χ2n) is 13.0. The lowest BCUT2D eigenvalue weighted by Crippen LogP contribution is -2.53. The Morgan fingerprint density at radius 2 is 1.77 bits per heavy atom. The summed E-state index contributed by atoms with van der Waals surface area (Å²) in [7, 11) is 0. The summed E-state index contributed by atoms with van der Waals surface area (Å²) in [6.07, 6.45) is 15.4. The minimum Gasteiger partial charge on any atom is -0.393 e. The highest BCUT2D eigenvalue weighted by atomic mass is 16.3. The summed E-state index contributed by atoms with van der Waals surface area (Å²) in [6, 6.07) is 0. The summed E-state index contributed by atoms with van der Waals surface area (Å²) in [5.74, 6) is 2.27. The second kappa shape index (κ2) is 7.73. The van der Waals surface area contributed by atoms with E-state index in [0.717, 1.165) is 18.3 Å². The largest absolute Gasteiger partial charge is 0.393 e. The average Bonchev–Trinajstić information content (AvgIpc) is 3.36. The third-order valence-corrected chi connectivity index (χ3v) is 11.2. The number of fused-ring (bicyclic) bond motifs is 4. The lowest BCUT2D eigenvalue weighted by Gasteiger charge is -2.59. The Morgan fingerprint density at radius 3 is 2.52 bits per heavy atom. The summed E-state index contributed by atoms with van der Waals surface area (Å²) in [5, 5.41) is 10.8. The Labute approximate surface area is 191 Å². The number of likely N-dealkylation sites (tertiary alicyclic amines) is 1. The van der Waals surface area contributed by atoms with E-state index in [0.29, 0.717) is 16.7 Å². The van der Waals surface area contributed by atoms with Crippen LogP contribution in [0, 0.1) is 34.0 Å². The van der Waals surface area contributed by atoms with Crippen LogP contribution in [0.5, 0.6) is 0 Å². The number of aliphatic hydroxyl groups is 1. The van der Waals surface area contributed by atoms with Gasteiger partial charge in [-0.25, -0.2) is 0 Å². The first-order valence-electron chi connectivity index (χ1n) is 13.5. The molecular formula is C29H47NO. The van der Waals surface area contributed by atoms with Crippen LogP contribution in [0.4, 0.5) is 0 Å². The third kappa shape index (κ3) is 3.33. The molecule has 6 unspecified atom stereocenters. The zero-order valence-electron chi connectivity index (χ0n) is 21.0. The van der Waals surface area contributed by atoms with E-state index < -0.39 is 0 Å². The Morgan fingerprint density at radius 1 is 1.03 bits per heavy atom. The van der Waals surface area contributed by atoms with E-state index >= 15 is 0 Å². The van der Waals surface area contributed by atoms with Crippen molar-refractivity contribution in [2.24, 2.45) is 34.0 Å². The predicted molar refractivity (Wildman–Crippen MR) is 130 cm³/mol. The van der Waals surface area contributed by atoms with Crippen molar-refractivity contribution in [2.45, 2.75) is 105 Å². The van der Waals surface area contributed by atoms with Crippen LogP contribution in [-0.2, 0) is 0 Å². The van der Waals surface area contributed by atoms with E-state index in [1.807, 2.05) is 0 Å². The van der Waals surface area contributed by atoms with E-state index in [4.69, 9.17) is 0 Å². The van der Waals surface area contributed by atoms with Gasteiger partial charge in [0.2, 0.25) is 0 Å². The SMILES string of the molecule is CC(CCN1CCCC1)C1CC=C2C3=C(CCC21C)C1(C)CCC(O)C(C)(C)C1CC3. The molecular weight excluding hydrogens is 378 g/mol. The van der Waals surface area contributed by atoms with Crippen LogP contribution < -0.4 is 0 Å². The van der Waals surface area contributed by atoms with Crippen molar-refractivity contribution in [1.82, 2.24) is 4.90 Å². The number of hydrogen-bond donors (Lipinski definition) is 1. The van der Waals surface area contributed by atoms with Gasteiger partial charge in [-0.2, -0.15) is 0 Å². The zero-order chi connectivity index (χ0) is 22.0. The molecule has 5 rings (SSSR count). The Balaban J connectivity index is 1.37. The minimum atomic E-state index is -0.131. The topological polar surface area (TPSA) is 23.5 Å². The number of hydrogen-bond acceptors (Lipinski definition) is 2. The molecule has 31 heavy (non-hydrogen) atoms. The molecule has 4 aliphatic carbocycles. The highest BCUT2D eigenvalue weighted by Gasteiger charge is 2.57. The molecule has 0 bridgehead atoms. The Hall–Kier alpha value is -0.600. The van der Waals surface area contributed by atoms with E-state index in [2.05, 4.69) is 45.6 Å². The molecule has 1 saturated heterocycles. The second-order valence-corrected chi connectivity index (χ2v) is 13.0. The highest BCUT2D eigenvalue weighted by Crippen LogP contribution is 2.66. The first-order valence-corrected chi connectivity index (χ1v) is 13.5. The lowest BCUT2D eigenvalue weighted by molar-refractivity contribution is -0.0905. The molecule has 1 aliphatic heterocycles. The molecule has 6 atom stereocenters. The van der Waals surface area contributed by atoms with Crippen molar-refractivity contribution < 1.29 is 5.11 Å². The molecule has 1 saturated carbocycles. The number of allylic oxidation sites excluding steroid dienone is 4. The van der Waals surface area contributed by atoms with E-state index in [1.165, 1.54) is 77.4 Å². The van der Waals surface area contributed by atoms with Crippen LogP contribution in [0.15, 0.2) is 22.8 Å². The van der Waals surface area contributed by atoms with Crippen molar-refractivity contribution in [2.75, 3.05) is 19.6 Å². The summed E-state index contributed by atoms with van der Waals surface area (Å²) in [6.45, 7) is 16.4. The molecule has 0 amide bonds. The van der Waals surface area contributed by atoms with E-state index in [1.54, 1.807) is 16.7 Å². The van der Waals surface area contributed by atoms with Gasteiger partial charge in [-0.15, -0.1) is 0 Å². The molecule has 0 radical (unpaired) electrons. The van der Waals surface area contributed by atoms with Gasteiger partial charge in [0.15, 0.2) is 0 Å². The van der Waals surface area contributed by atoms with Crippen LogP contribution in [0.25, 0.3) is 0 Å². The van der Waals surface area contributed by atoms with Crippen molar-refractivity contribution in [1.29, 1.82) is 0 Å². The van der Waals surface area contributed by atoms with Crippen molar-refractivity contribution in [3.8, 4) is 0 Å². The molecule has 2 heteroatoms. The molecule has 0 aromatic heterocycles. The number of aliphatic hydroxyl groups excluding tert-OH is 1. The van der Waals surface area contributed by atoms with Crippen LogP contribution >= 0.6 is 0 Å². The highest BCUT2D eigenvalue weighted by molar-refractivity contribution is 5.49. The third-order valence-electron chi connectivity index (χ3n) is 11.2. The van der Waals surface area contributed by atoms with Gasteiger partial charge in [0.1, 0.15) is 0 Å². The molecule has 2 nitrogen and oxygen atoms in total. The molecule has 1 N–H and O–H groups in total. The number of rotatable bonds is 4. The molecule has 2 fully saturated rings. The summed E-state index contributed by atoms with van der Waals surface area (Å²) in [4.78, 5) is 2.70. The number of nitrogens with zero attached hydrogens (tertiary/aromatic N) is 1. The maximum atomic E-state index is 10.8. The van der Waals surface area contributed by atoms with Gasteiger partial charge in [0.05, 0.1) is 6.10 Å². The quantitative estimate of drug-likeness (QED) is 0.538. The Kier molecular flexibility index (Phi) is 5.53. The van der Waals surface area contributed by atoms with Crippen LogP contribution in [0.1, 0.15) is 98.8 Å². The fourth-order valence-corrected chi connectivity index (χ4v) is 9.17. The predicted octanol–water partition coefficient (Wildman–Crippen LogP) is 6.75. The van der Waals surface area contributed by atoms with Gasteiger partial charge in [-0.05, 0) is 129 Å². The molecule has 5 aliphatic rings. The summed E-state index contributed by atoms with van der Waals surface area (Å²) >= 11 is 0. The van der Waals surface area contributed by atoms with Crippen molar-refractivity contribution in [3.63, 3.8) is 0 Å². The molecule has 0 aromatic carbocycles. The first-order chi connectivity index (χ1) is 14.7. The van der Waals surface area contributed by atoms with E-state index in [-0.39, 0.29) is 11.5 Å². The fraction of sp³-hybridized carbons (Fsp3) is 0.862.